The molecule has 0 saturated heterocycles. The van der Waals surface area contributed by atoms with Crippen molar-refractivity contribution in [2.75, 3.05) is 27.0 Å². The number of sulfone groups is 1. The van der Waals surface area contributed by atoms with Crippen molar-refractivity contribution in [3.8, 4) is 11.5 Å². The van der Waals surface area contributed by atoms with E-state index in [0.717, 1.165) is 17.9 Å². The van der Waals surface area contributed by atoms with Crippen LogP contribution in [0.5, 0.6) is 11.5 Å². The van der Waals surface area contributed by atoms with Crippen LogP contribution >= 0.6 is 0 Å². The molecule has 0 spiro atoms. The first-order valence-electron chi connectivity index (χ1n) is 9.01. The molecule has 0 saturated carbocycles. The molecule has 0 bridgehead atoms. The van der Waals surface area contributed by atoms with Gasteiger partial charge in [-0.25, -0.2) is 18.4 Å². The fourth-order valence-corrected chi connectivity index (χ4v) is 3.50. The van der Waals surface area contributed by atoms with Crippen molar-refractivity contribution in [2.45, 2.75) is 17.9 Å². The van der Waals surface area contributed by atoms with Crippen LogP contribution in [0.2, 0.25) is 0 Å². The Morgan fingerprint density at radius 1 is 1.10 bits per heavy atom. The lowest BCUT2D eigenvalue weighted by molar-refractivity contribution is -0.141. The molecule has 0 atom stereocenters. The molecule has 1 aromatic heterocycles. The molecule has 1 aliphatic heterocycles. The Hall–Kier alpha value is -3.08. The predicted molar refractivity (Wildman–Crippen MR) is 107 cm³/mol. The van der Waals surface area contributed by atoms with Gasteiger partial charge < -0.3 is 14.4 Å². The summed E-state index contributed by atoms with van der Waals surface area (Å²) in [5, 5.41) is -0.872. The molecule has 11 heteroatoms. The first-order chi connectivity index (χ1) is 14.5. The fourth-order valence-electron chi connectivity index (χ4n) is 2.97. The molecule has 0 N–H and O–H groups in total. The maximum Gasteiger partial charge on any atom is 0.433 e. The summed E-state index contributed by atoms with van der Waals surface area (Å²) >= 11 is 0. The average Bonchev–Trinajstić information content (AvgIpc) is 2.72. The number of hydrogen-bond donors (Lipinski definition) is 0. The molecule has 0 radical (unpaired) electrons. The van der Waals surface area contributed by atoms with Gasteiger partial charge >= 0.3 is 6.18 Å². The monoisotopic (exact) mass is 455 g/mol. The summed E-state index contributed by atoms with van der Waals surface area (Å²) in [6.45, 7) is 0.943. The maximum atomic E-state index is 13.2. The van der Waals surface area contributed by atoms with Crippen molar-refractivity contribution >= 4 is 15.4 Å². The van der Waals surface area contributed by atoms with Crippen LogP contribution < -0.4 is 9.47 Å². The number of halogens is 3. The van der Waals surface area contributed by atoms with E-state index in [0.29, 0.717) is 30.2 Å². The van der Waals surface area contributed by atoms with Crippen molar-refractivity contribution in [3.05, 3.63) is 59.6 Å². The SMILES string of the molecule is COc1ccc(CN2C=C(c3cc(C(F)(F)F)nc(S(C)(=O)=O)n3)C=CC2)cc1OC. The second kappa shape index (κ2) is 8.58. The number of aromatic nitrogens is 2. The molecule has 1 aromatic carbocycles. The Labute approximate surface area is 177 Å². The summed E-state index contributed by atoms with van der Waals surface area (Å²) in [5.74, 6) is 1.13. The van der Waals surface area contributed by atoms with Gasteiger partial charge in [0.25, 0.3) is 0 Å². The van der Waals surface area contributed by atoms with Gasteiger partial charge in [-0.2, -0.15) is 13.2 Å². The number of hydrogen-bond acceptors (Lipinski definition) is 7. The Morgan fingerprint density at radius 2 is 1.81 bits per heavy atom. The highest BCUT2D eigenvalue weighted by Crippen LogP contribution is 2.31. The van der Waals surface area contributed by atoms with Crippen molar-refractivity contribution < 1.29 is 31.1 Å². The summed E-state index contributed by atoms with van der Waals surface area (Å²) < 4.78 is 73.9. The molecule has 2 heterocycles. The maximum absolute atomic E-state index is 13.2. The normalized spacial score (nSPS) is 14.4. The van der Waals surface area contributed by atoms with E-state index in [-0.39, 0.29) is 5.69 Å². The van der Waals surface area contributed by atoms with Crippen molar-refractivity contribution in [2.24, 2.45) is 0 Å². The lowest BCUT2D eigenvalue weighted by atomic mass is 10.1. The van der Waals surface area contributed by atoms with Crippen LogP contribution in [0.4, 0.5) is 13.2 Å². The van der Waals surface area contributed by atoms with Crippen LogP contribution in [-0.2, 0) is 22.6 Å². The molecule has 166 valence electrons. The van der Waals surface area contributed by atoms with Crippen molar-refractivity contribution in [1.82, 2.24) is 14.9 Å². The minimum absolute atomic E-state index is 0.129. The Balaban J connectivity index is 1.95. The van der Waals surface area contributed by atoms with Crippen LogP contribution in [-0.4, -0.2) is 50.3 Å². The highest BCUT2D eigenvalue weighted by molar-refractivity contribution is 7.90. The summed E-state index contributed by atoms with van der Waals surface area (Å²) in [5.41, 5.74) is -0.219. The topological polar surface area (TPSA) is 81.6 Å². The largest absolute Gasteiger partial charge is 0.493 e. The van der Waals surface area contributed by atoms with Gasteiger partial charge in [0.15, 0.2) is 11.5 Å². The molecule has 1 aliphatic rings. The number of benzene rings is 1. The Kier molecular flexibility index (Phi) is 6.25. The van der Waals surface area contributed by atoms with Crippen molar-refractivity contribution in [1.29, 1.82) is 0 Å². The number of ether oxygens (including phenoxy) is 2. The van der Waals surface area contributed by atoms with Crippen molar-refractivity contribution in [3.63, 3.8) is 0 Å². The molecular weight excluding hydrogens is 435 g/mol. The fraction of sp³-hybridized carbons (Fsp3) is 0.300. The molecule has 2 aromatic rings. The van der Waals surface area contributed by atoms with Gasteiger partial charge in [0.1, 0.15) is 5.69 Å². The van der Waals surface area contributed by atoms with Gasteiger partial charge in [0, 0.05) is 31.1 Å². The third-order valence-electron chi connectivity index (χ3n) is 4.42. The minimum atomic E-state index is -4.81. The van der Waals surface area contributed by atoms with E-state index in [1.54, 1.807) is 30.5 Å². The van der Waals surface area contributed by atoms with E-state index < -0.39 is 26.9 Å². The molecule has 31 heavy (non-hydrogen) atoms. The second-order valence-electron chi connectivity index (χ2n) is 6.80. The zero-order valence-electron chi connectivity index (χ0n) is 17.0. The molecule has 7 nitrogen and oxygen atoms in total. The van der Waals surface area contributed by atoms with E-state index in [1.165, 1.54) is 14.2 Å². The van der Waals surface area contributed by atoms with Crippen LogP contribution in [0, 0.1) is 0 Å². The minimum Gasteiger partial charge on any atom is -0.493 e. The smallest absolute Gasteiger partial charge is 0.433 e. The van der Waals surface area contributed by atoms with E-state index in [4.69, 9.17) is 9.47 Å². The first-order valence-corrected chi connectivity index (χ1v) is 10.9. The Bertz CT molecular complexity index is 1140. The number of allylic oxidation sites excluding steroid dienone is 2. The molecule has 0 fully saturated rings. The van der Waals surface area contributed by atoms with Crippen LogP contribution in [0.1, 0.15) is 17.0 Å². The van der Waals surface area contributed by atoms with Crippen LogP contribution in [0.15, 0.2) is 47.8 Å². The number of rotatable bonds is 6. The van der Waals surface area contributed by atoms with Crippen LogP contribution in [0.3, 0.4) is 0 Å². The molecule has 3 rings (SSSR count). The van der Waals surface area contributed by atoms with Gasteiger partial charge in [0.2, 0.25) is 15.0 Å². The quantitative estimate of drug-likeness (QED) is 0.618. The van der Waals surface area contributed by atoms with Gasteiger partial charge in [0.05, 0.1) is 19.9 Å². The third-order valence-corrected chi connectivity index (χ3v) is 5.26. The third kappa shape index (κ3) is 5.35. The average molecular weight is 455 g/mol. The molecule has 0 amide bonds. The number of methoxy groups -OCH3 is 2. The molecule has 0 aliphatic carbocycles. The number of alkyl halides is 3. The van der Waals surface area contributed by atoms with E-state index in [9.17, 15) is 21.6 Å². The highest BCUT2D eigenvalue weighted by Gasteiger charge is 2.35. The first kappa shape index (κ1) is 22.6. The number of nitrogens with zero attached hydrogens (tertiary/aromatic N) is 3. The van der Waals surface area contributed by atoms with E-state index in [2.05, 4.69) is 9.97 Å². The lowest BCUT2D eigenvalue weighted by Crippen LogP contribution is -2.20. The van der Waals surface area contributed by atoms with Gasteiger partial charge in [-0.1, -0.05) is 18.2 Å². The molecular formula is C20H20F3N3O4S. The van der Waals surface area contributed by atoms with Gasteiger partial charge in [-0.3, -0.25) is 0 Å². The van der Waals surface area contributed by atoms with Gasteiger partial charge in [-0.05, 0) is 23.8 Å². The summed E-state index contributed by atoms with van der Waals surface area (Å²) in [6.07, 6.45) is 0.937. The zero-order chi connectivity index (χ0) is 22.8. The standard InChI is InChI=1S/C20H20F3N3O4S/c1-29-16-7-6-13(9-17(16)30-2)11-26-8-4-5-14(12-26)15-10-18(20(21,22)23)25-19(24-15)31(3,27)28/h4-7,9-10,12H,8,11H2,1-3H3. The summed E-state index contributed by atoms with van der Waals surface area (Å²) in [6, 6.07) is 6.15. The van der Waals surface area contributed by atoms with E-state index in [1.807, 2.05) is 11.0 Å². The summed E-state index contributed by atoms with van der Waals surface area (Å²) in [7, 11) is -0.981. The van der Waals surface area contributed by atoms with E-state index >= 15 is 0 Å². The predicted octanol–water partition coefficient (Wildman–Crippen LogP) is 3.33. The van der Waals surface area contributed by atoms with Gasteiger partial charge in [-0.15, -0.1) is 0 Å². The second-order valence-corrected chi connectivity index (χ2v) is 8.71. The lowest BCUT2D eigenvalue weighted by Gasteiger charge is -2.24. The Morgan fingerprint density at radius 3 is 2.42 bits per heavy atom. The zero-order valence-corrected chi connectivity index (χ0v) is 17.8. The van der Waals surface area contributed by atoms with Crippen LogP contribution in [0.25, 0.3) is 5.57 Å². The highest BCUT2D eigenvalue weighted by atomic mass is 32.2. The summed E-state index contributed by atoms with van der Waals surface area (Å²) in [4.78, 5) is 8.88. The molecule has 0 unspecified atom stereocenters.